The lowest BCUT2D eigenvalue weighted by Gasteiger charge is -2.13. The van der Waals surface area contributed by atoms with Gasteiger partial charge in [0.05, 0.1) is 24.9 Å². The molecule has 0 bridgehead atoms. The van der Waals surface area contributed by atoms with Gasteiger partial charge in [0.2, 0.25) is 0 Å². The van der Waals surface area contributed by atoms with E-state index in [1.807, 2.05) is 12.1 Å². The first kappa shape index (κ1) is 16.4. The first-order valence-corrected chi connectivity index (χ1v) is 8.36. The lowest BCUT2D eigenvalue weighted by atomic mass is 10.2. The number of nitrogens with zero attached hydrogens (tertiary/aromatic N) is 3. The summed E-state index contributed by atoms with van der Waals surface area (Å²) in [6.07, 6.45) is 3.05. The summed E-state index contributed by atoms with van der Waals surface area (Å²) in [5.74, 6) is 0.525. The highest BCUT2D eigenvalue weighted by molar-refractivity contribution is 6.30. The minimum absolute atomic E-state index is 0.0534. The van der Waals surface area contributed by atoms with Gasteiger partial charge in [0, 0.05) is 11.2 Å². The third-order valence-corrected chi connectivity index (χ3v) is 4.39. The molecule has 3 aromatic heterocycles. The highest BCUT2D eigenvalue weighted by atomic mass is 35.5. The fourth-order valence-electron chi connectivity index (χ4n) is 2.87. The average molecular weight is 368 g/mol. The second kappa shape index (κ2) is 6.65. The average Bonchev–Trinajstić information content (AvgIpc) is 3.17. The van der Waals surface area contributed by atoms with Crippen molar-refractivity contribution in [2.75, 3.05) is 0 Å². The zero-order valence-electron chi connectivity index (χ0n) is 13.6. The van der Waals surface area contributed by atoms with E-state index in [1.165, 1.54) is 17.0 Å². The van der Waals surface area contributed by atoms with Crippen molar-refractivity contribution >= 4 is 22.6 Å². The number of benzene rings is 1. The van der Waals surface area contributed by atoms with Gasteiger partial charge in [0.15, 0.2) is 5.52 Å². The van der Waals surface area contributed by atoms with E-state index in [4.69, 9.17) is 16.0 Å². The summed E-state index contributed by atoms with van der Waals surface area (Å²) >= 11 is 5.93. The Morgan fingerprint density at radius 3 is 2.50 bits per heavy atom. The molecular formula is C19H14ClN3O3. The topological polar surface area (TPSA) is 70.0 Å². The van der Waals surface area contributed by atoms with Crippen LogP contribution in [0.15, 0.2) is 75.0 Å². The lowest BCUT2D eigenvalue weighted by molar-refractivity contribution is 0.479. The summed E-state index contributed by atoms with van der Waals surface area (Å²) in [6.45, 7) is 0.356. The summed E-state index contributed by atoms with van der Waals surface area (Å²) in [6, 6.07) is 14.1. The molecule has 0 N–H and O–H groups in total. The number of halogens is 1. The lowest BCUT2D eigenvalue weighted by Crippen LogP contribution is -2.40. The molecule has 0 saturated heterocycles. The van der Waals surface area contributed by atoms with Crippen molar-refractivity contribution in [1.29, 1.82) is 0 Å². The SMILES string of the molecule is O=c1c2ncccc2n(Cc2ccc(Cl)cc2)c(=O)n1Cc1ccco1. The number of hydrogen-bond acceptors (Lipinski definition) is 4. The van der Waals surface area contributed by atoms with E-state index >= 15 is 0 Å². The Balaban J connectivity index is 1.91. The summed E-state index contributed by atoms with van der Waals surface area (Å²) in [5, 5.41) is 0.621. The first-order valence-electron chi connectivity index (χ1n) is 7.98. The molecule has 0 aliphatic carbocycles. The Labute approximate surface area is 152 Å². The molecular weight excluding hydrogens is 354 g/mol. The molecule has 0 radical (unpaired) electrons. The van der Waals surface area contributed by atoms with Gasteiger partial charge in [-0.25, -0.2) is 9.78 Å². The van der Waals surface area contributed by atoms with Gasteiger partial charge in [-0.2, -0.15) is 0 Å². The zero-order chi connectivity index (χ0) is 18.1. The smallest absolute Gasteiger partial charge is 0.332 e. The Morgan fingerprint density at radius 2 is 1.77 bits per heavy atom. The van der Waals surface area contributed by atoms with E-state index in [-0.39, 0.29) is 12.1 Å². The van der Waals surface area contributed by atoms with Gasteiger partial charge in [-0.05, 0) is 42.0 Å². The predicted octanol–water partition coefficient (Wildman–Crippen LogP) is 2.90. The van der Waals surface area contributed by atoms with Crippen LogP contribution in [0.25, 0.3) is 11.0 Å². The minimum Gasteiger partial charge on any atom is -0.467 e. The summed E-state index contributed by atoms with van der Waals surface area (Å²) in [5.41, 5.74) is 0.779. The fraction of sp³-hybridized carbons (Fsp3) is 0.105. The van der Waals surface area contributed by atoms with Gasteiger partial charge in [-0.3, -0.25) is 13.9 Å². The molecule has 4 rings (SSSR count). The minimum atomic E-state index is -0.436. The van der Waals surface area contributed by atoms with E-state index < -0.39 is 11.2 Å². The highest BCUT2D eigenvalue weighted by Crippen LogP contribution is 2.12. The third-order valence-electron chi connectivity index (χ3n) is 4.13. The van der Waals surface area contributed by atoms with Crippen LogP contribution >= 0.6 is 11.6 Å². The van der Waals surface area contributed by atoms with Crippen LogP contribution in [-0.4, -0.2) is 14.1 Å². The maximum Gasteiger partial charge on any atom is 0.332 e. The highest BCUT2D eigenvalue weighted by Gasteiger charge is 2.15. The van der Waals surface area contributed by atoms with Gasteiger partial charge in [0.1, 0.15) is 5.76 Å². The van der Waals surface area contributed by atoms with E-state index in [0.29, 0.717) is 22.8 Å². The predicted molar refractivity (Wildman–Crippen MR) is 98.6 cm³/mol. The van der Waals surface area contributed by atoms with Gasteiger partial charge in [0.25, 0.3) is 5.56 Å². The molecule has 0 unspecified atom stereocenters. The molecule has 0 aliphatic heterocycles. The van der Waals surface area contributed by atoms with Gasteiger partial charge in [-0.15, -0.1) is 0 Å². The largest absolute Gasteiger partial charge is 0.467 e. The molecule has 0 amide bonds. The molecule has 0 spiro atoms. The normalized spacial score (nSPS) is 11.1. The van der Waals surface area contributed by atoms with Crippen molar-refractivity contribution in [2.45, 2.75) is 13.1 Å². The van der Waals surface area contributed by atoms with Crippen LogP contribution in [0.3, 0.4) is 0 Å². The van der Waals surface area contributed by atoms with Gasteiger partial charge in [-0.1, -0.05) is 23.7 Å². The molecule has 1 aromatic carbocycles. The second-order valence-electron chi connectivity index (χ2n) is 5.84. The quantitative estimate of drug-likeness (QED) is 0.556. The van der Waals surface area contributed by atoms with Gasteiger partial charge >= 0.3 is 5.69 Å². The van der Waals surface area contributed by atoms with Crippen LogP contribution in [0.1, 0.15) is 11.3 Å². The molecule has 0 saturated carbocycles. The van der Waals surface area contributed by atoms with Crippen molar-refractivity contribution in [3.63, 3.8) is 0 Å². The Kier molecular flexibility index (Phi) is 4.18. The van der Waals surface area contributed by atoms with Crippen LogP contribution in [0.2, 0.25) is 5.02 Å². The van der Waals surface area contributed by atoms with Crippen molar-refractivity contribution in [3.05, 3.63) is 98.2 Å². The Hall–Kier alpha value is -3.12. The van der Waals surface area contributed by atoms with E-state index in [2.05, 4.69) is 4.98 Å². The second-order valence-corrected chi connectivity index (χ2v) is 6.27. The van der Waals surface area contributed by atoms with E-state index in [9.17, 15) is 9.59 Å². The van der Waals surface area contributed by atoms with Crippen molar-refractivity contribution in [3.8, 4) is 0 Å². The third kappa shape index (κ3) is 2.95. The maximum absolute atomic E-state index is 13.0. The zero-order valence-corrected chi connectivity index (χ0v) is 14.4. The number of furan rings is 1. The van der Waals surface area contributed by atoms with E-state index in [0.717, 1.165) is 10.1 Å². The van der Waals surface area contributed by atoms with Crippen molar-refractivity contribution in [2.24, 2.45) is 0 Å². The summed E-state index contributed by atoms with van der Waals surface area (Å²) in [4.78, 5) is 30.0. The number of aromatic nitrogens is 3. The molecule has 0 atom stereocenters. The molecule has 130 valence electrons. The van der Waals surface area contributed by atoms with Crippen LogP contribution in [0.4, 0.5) is 0 Å². The maximum atomic E-state index is 13.0. The summed E-state index contributed by atoms with van der Waals surface area (Å²) in [7, 11) is 0. The molecule has 6 nitrogen and oxygen atoms in total. The number of rotatable bonds is 4. The molecule has 0 aliphatic rings. The van der Waals surface area contributed by atoms with Crippen molar-refractivity contribution in [1.82, 2.24) is 14.1 Å². The first-order chi connectivity index (χ1) is 12.6. The summed E-state index contributed by atoms with van der Waals surface area (Å²) < 4.78 is 7.97. The molecule has 7 heteroatoms. The number of fused-ring (bicyclic) bond motifs is 1. The van der Waals surface area contributed by atoms with Crippen molar-refractivity contribution < 1.29 is 4.42 Å². The Bertz CT molecular complexity index is 1180. The van der Waals surface area contributed by atoms with Crippen LogP contribution in [0, 0.1) is 0 Å². The fourth-order valence-corrected chi connectivity index (χ4v) is 2.99. The number of hydrogen-bond donors (Lipinski definition) is 0. The molecule has 3 heterocycles. The molecule has 0 fully saturated rings. The molecule has 26 heavy (non-hydrogen) atoms. The van der Waals surface area contributed by atoms with E-state index in [1.54, 1.807) is 36.4 Å². The monoisotopic (exact) mass is 367 g/mol. The van der Waals surface area contributed by atoms with Gasteiger partial charge < -0.3 is 4.42 Å². The van der Waals surface area contributed by atoms with Crippen LogP contribution in [0.5, 0.6) is 0 Å². The Morgan fingerprint density at radius 1 is 0.962 bits per heavy atom. The standard InChI is InChI=1S/C19H14ClN3O3/c20-14-7-5-13(6-8-14)11-22-16-4-1-9-21-17(16)18(24)23(19(22)25)12-15-3-2-10-26-15/h1-10H,11-12H2. The van der Waals surface area contributed by atoms with Crippen LogP contribution < -0.4 is 11.2 Å². The van der Waals surface area contributed by atoms with Crippen LogP contribution in [-0.2, 0) is 13.1 Å². The number of pyridine rings is 1. The molecule has 4 aromatic rings.